The molecule has 0 heterocycles. The summed E-state index contributed by atoms with van der Waals surface area (Å²) in [5, 5.41) is 2.61. The van der Waals surface area contributed by atoms with Gasteiger partial charge in [0.25, 0.3) is 10.0 Å². The van der Waals surface area contributed by atoms with Crippen LogP contribution in [0.1, 0.15) is 11.1 Å². The minimum atomic E-state index is -3.98. The van der Waals surface area contributed by atoms with E-state index in [0.717, 1.165) is 21.7 Å². The maximum absolute atomic E-state index is 12.9. The molecular weight excluding hydrogens is 518 g/mol. The number of carbonyl (C=O) groups is 1. The van der Waals surface area contributed by atoms with Crippen LogP contribution >= 0.6 is 0 Å². The molecule has 0 spiro atoms. The van der Waals surface area contributed by atoms with Crippen molar-refractivity contribution >= 4 is 43.0 Å². The fourth-order valence-corrected chi connectivity index (χ4v) is 5.54. The number of methoxy groups -OCH3 is 2. The van der Waals surface area contributed by atoms with Crippen molar-refractivity contribution in [3.63, 3.8) is 0 Å². The van der Waals surface area contributed by atoms with Gasteiger partial charge in [-0.05, 0) is 73.5 Å². The molecule has 12 heteroatoms. The van der Waals surface area contributed by atoms with Gasteiger partial charge >= 0.3 is 0 Å². The molecule has 3 aromatic carbocycles. The second kappa shape index (κ2) is 11.1. The van der Waals surface area contributed by atoms with Gasteiger partial charge in [0.05, 0.1) is 36.7 Å². The SMILES string of the molecule is COc1ccc(OC)c(NS(=O)(=O)c2ccc(NC(=O)CN(c3cc(C)cc(C)c3)S(C)(=O)=O)cc2)c1. The van der Waals surface area contributed by atoms with Crippen LogP contribution < -0.4 is 23.8 Å². The normalized spacial score (nSPS) is 11.5. The highest BCUT2D eigenvalue weighted by Gasteiger charge is 2.22. The van der Waals surface area contributed by atoms with Gasteiger partial charge in [-0.3, -0.25) is 13.8 Å². The lowest BCUT2D eigenvalue weighted by molar-refractivity contribution is -0.114. The van der Waals surface area contributed by atoms with Crippen molar-refractivity contribution in [2.24, 2.45) is 0 Å². The van der Waals surface area contributed by atoms with Gasteiger partial charge in [-0.2, -0.15) is 0 Å². The highest BCUT2D eigenvalue weighted by atomic mass is 32.2. The molecule has 0 saturated heterocycles. The Hall–Kier alpha value is -3.77. The monoisotopic (exact) mass is 547 g/mol. The molecule has 37 heavy (non-hydrogen) atoms. The zero-order valence-electron chi connectivity index (χ0n) is 21.1. The maximum Gasteiger partial charge on any atom is 0.262 e. The molecule has 0 fully saturated rings. The lowest BCUT2D eigenvalue weighted by Crippen LogP contribution is -2.37. The highest BCUT2D eigenvalue weighted by Crippen LogP contribution is 2.31. The average molecular weight is 548 g/mol. The van der Waals surface area contributed by atoms with E-state index in [2.05, 4.69) is 10.0 Å². The van der Waals surface area contributed by atoms with Gasteiger partial charge in [0, 0.05) is 11.8 Å². The third-order valence-corrected chi connectivity index (χ3v) is 7.80. The van der Waals surface area contributed by atoms with E-state index in [4.69, 9.17) is 9.47 Å². The predicted molar refractivity (Wildman–Crippen MR) is 144 cm³/mol. The molecule has 0 bridgehead atoms. The number of nitrogens with zero attached hydrogens (tertiary/aromatic N) is 1. The molecular formula is C25H29N3O7S2. The Kier molecular flexibility index (Phi) is 8.34. The number of rotatable bonds is 10. The topological polar surface area (TPSA) is 131 Å². The van der Waals surface area contributed by atoms with Gasteiger partial charge in [-0.25, -0.2) is 16.8 Å². The van der Waals surface area contributed by atoms with E-state index in [9.17, 15) is 21.6 Å². The van der Waals surface area contributed by atoms with Crippen molar-refractivity contribution in [2.75, 3.05) is 41.4 Å². The number of aryl methyl sites for hydroxylation is 2. The molecule has 0 unspecified atom stereocenters. The van der Waals surface area contributed by atoms with Crippen LogP contribution in [-0.4, -0.2) is 49.8 Å². The van der Waals surface area contributed by atoms with E-state index in [-0.39, 0.29) is 10.6 Å². The predicted octanol–water partition coefficient (Wildman–Crippen LogP) is 3.53. The summed E-state index contributed by atoms with van der Waals surface area (Å²) in [5.41, 5.74) is 2.61. The third kappa shape index (κ3) is 7.14. The van der Waals surface area contributed by atoms with Crippen molar-refractivity contribution in [3.8, 4) is 11.5 Å². The fraction of sp³-hybridized carbons (Fsp3) is 0.240. The van der Waals surface area contributed by atoms with Gasteiger partial charge in [0.1, 0.15) is 18.0 Å². The maximum atomic E-state index is 12.9. The fourth-order valence-electron chi connectivity index (χ4n) is 3.64. The Bertz CT molecular complexity index is 1480. The highest BCUT2D eigenvalue weighted by molar-refractivity contribution is 7.92. The largest absolute Gasteiger partial charge is 0.497 e. The van der Waals surface area contributed by atoms with Crippen LogP contribution in [0.25, 0.3) is 0 Å². The second-order valence-corrected chi connectivity index (χ2v) is 11.9. The van der Waals surface area contributed by atoms with Crippen LogP contribution in [0.15, 0.2) is 65.6 Å². The smallest absolute Gasteiger partial charge is 0.262 e. The molecule has 0 aliphatic heterocycles. The Morgan fingerprint density at radius 2 is 1.49 bits per heavy atom. The van der Waals surface area contributed by atoms with E-state index in [1.54, 1.807) is 24.3 Å². The van der Waals surface area contributed by atoms with Crippen LogP contribution in [0.4, 0.5) is 17.1 Å². The first kappa shape index (κ1) is 27.8. The molecule has 198 valence electrons. The summed E-state index contributed by atoms with van der Waals surface area (Å²) >= 11 is 0. The zero-order chi connectivity index (χ0) is 27.4. The van der Waals surface area contributed by atoms with Crippen LogP contribution in [0.5, 0.6) is 11.5 Å². The van der Waals surface area contributed by atoms with E-state index in [1.807, 2.05) is 19.9 Å². The van der Waals surface area contributed by atoms with Gasteiger partial charge in [0.15, 0.2) is 0 Å². The molecule has 1 amide bonds. The quantitative estimate of drug-likeness (QED) is 0.397. The molecule has 0 atom stereocenters. The van der Waals surface area contributed by atoms with Crippen LogP contribution in [0, 0.1) is 13.8 Å². The van der Waals surface area contributed by atoms with Gasteiger partial charge in [0.2, 0.25) is 15.9 Å². The molecule has 0 saturated carbocycles. The summed E-state index contributed by atoms with van der Waals surface area (Å²) in [7, 11) is -4.84. The number of ether oxygens (including phenoxy) is 2. The van der Waals surface area contributed by atoms with E-state index >= 15 is 0 Å². The number of sulfonamides is 2. The summed E-state index contributed by atoms with van der Waals surface area (Å²) in [6.07, 6.45) is 1.03. The summed E-state index contributed by atoms with van der Waals surface area (Å²) in [5.74, 6) is 0.174. The van der Waals surface area contributed by atoms with Crippen molar-refractivity contribution in [1.29, 1.82) is 0 Å². The molecule has 0 radical (unpaired) electrons. The Morgan fingerprint density at radius 1 is 0.865 bits per heavy atom. The summed E-state index contributed by atoms with van der Waals surface area (Å²) in [6.45, 7) is 3.23. The lowest BCUT2D eigenvalue weighted by Gasteiger charge is -2.23. The number of hydrogen-bond donors (Lipinski definition) is 2. The molecule has 10 nitrogen and oxygen atoms in total. The summed E-state index contributed by atoms with van der Waals surface area (Å²) in [6, 6.07) is 15.5. The number of carbonyl (C=O) groups excluding carboxylic acids is 1. The number of amides is 1. The minimum Gasteiger partial charge on any atom is -0.497 e. The average Bonchev–Trinajstić information content (AvgIpc) is 2.81. The minimum absolute atomic E-state index is 0.0524. The van der Waals surface area contributed by atoms with Gasteiger partial charge < -0.3 is 14.8 Å². The van der Waals surface area contributed by atoms with Crippen molar-refractivity contribution in [1.82, 2.24) is 0 Å². The molecule has 3 aromatic rings. The molecule has 0 aromatic heterocycles. The molecule has 3 rings (SSSR count). The van der Waals surface area contributed by atoms with E-state index in [0.29, 0.717) is 22.9 Å². The van der Waals surface area contributed by atoms with Crippen LogP contribution in [0.2, 0.25) is 0 Å². The summed E-state index contributed by atoms with van der Waals surface area (Å²) in [4.78, 5) is 12.6. The first-order valence-corrected chi connectivity index (χ1v) is 14.4. The Labute approximate surface area is 217 Å². The third-order valence-electron chi connectivity index (χ3n) is 5.28. The number of benzene rings is 3. The number of anilines is 3. The number of hydrogen-bond acceptors (Lipinski definition) is 7. The first-order valence-electron chi connectivity index (χ1n) is 11.0. The first-order chi connectivity index (χ1) is 17.3. The van der Waals surface area contributed by atoms with Gasteiger partial charge in [-0.15, -0.1) is 0 Å². The number of nitrogens with one attached hydrogen (secondary N) is 2. The van der Waals surface area contributed by atoms with E-state index < -0.39 is 32.5 Å². The summed E-state index contributed by atoms with van der Waals surface area (Å²) < 4.78 is 64.4. The molecule has 0 aliphatic rings. The van der Waals surface area contributed by atoms with Crippen molar-refractivity contribution < 1.29 is 31.1 Å². The molecule has 0 aliphatic carbocycles. The van der Waals surface area contributed by atoms with Crippen LogP contribution in [0.3, 0.4) is 0 Å². The lowest BCUT2D eigenvalue weighted by atomic mass is 10.1. The van der Waals surface area contributed by atoms with Gasteiger partial charge in [-0.1, -0.05) is 6.07 Å². The Balaban J connectivity index is 1.76. The Morgan fingerprint density at radius 3 is 2.03 bits per heavy atom. The van der Waals surface area contributed by atoms with E-state index in [1.165, 1.54) is 44.6 Å². The molecule has 2 N–H and O–H groups in total. The second-order valence-electron chi connectivity index (χ2n) is 8.36. The van der Waals surface area contributed by atoms with Crippen molar-refractivity contribution in [2.45, 2.75) is 18.7 Å². The van der Waals surface area contributed by atoms with Crippen molar-refractivity contribution in [3.05, 3.63) is 71.8 Å². The van der Waals surface area contributed by atoms with Crippen LogP contribution in [-0.2, 0) is 24.8 Å². The standard InChI is InChI=1S/C25H29N3O7S2/c1-17-12-18(2)14-20(13-17)28(36(5,30)31)16-25(29)26-19-6-9-22(10-7-19)37(32,33)27-23-15-21(34-3)8-11-24(23)35-4/h6-15,27H,16H2,1-5H3,(H,26,29). The zero-order valence-corrected chi connectivity index (χ0v) is 22.7.